The first kappa shape index (κ1) is 16.9. The Kier molecular flexibility index (Phi) is 8.86. The zero-order chi connectivity index (χ0) is 12.0. The van der Waals surface area contributed by atoms with Crippen LogP contribution in [-0.4, -0.2) is 19.0 Å². The fourth-order valence-electron chi connectivity index (χ4n) is 1.18. The van der Waals surface area contributed by atoms with E-state index in [-0.39, 0.29) is 18.3 Å². The van der Waals surface area contributed by atoms with Crippen molar-refractivity contribution in [2.45, 2.75) is 19.8 Å². The molecule has 1 amide bonds. The van der Waals surface area contributed by atoms with Gasteiger partial charge in [0.1, 0.15) is 0 Å². The molecule has 1 aromatic rings. The van der Waals surface area contributed by atoms with E-state index in [1.807, 2.05) is 12.3 Å². The van der Waals surface area contributed by atoms with Crippen LogP contribution in [0.2, 0.25) is 0 Å². The largest absolute Gasteiger partial charge is 0.356 e. The highest BCUT2D eigenvalue weighted by Gasteiger charge is 2.05. The van der Waals surface area contributed by atoms with Crippen LogP contribution in [0.3, 0.4) is 0 Å². The number of halogens is 2. The van der Waals surface area contributed by atoms with Gasteiger partial charge in [-0.2, -0.15) is 0 Å². The Labute approximate surface area is 121 Å². The third-order valence-electron chi connectivity index (χ3n) is 2.27. The van der Waals surface area contributed by atoms with E-state index in [1.165, 1.54) is 4.88 Å². The quantitative estimate of drug-likeness (QED) is 0.835. The third kappa shape index (κ3) is 7.03. The maximum absolute atomic E-state index is 11.5. The monoisotopic (exact) mass is 340 g/mol. The molecule has 0 aliphatic heterocycles. The Morgan fingerprint density at radius 2 is 2.35 bits per heavy atom. The number of nitrogens with two attached hydrogens (primary N) is 1. The molecule has 3 N–H and O–H groups in total. The van der Waals surface area contributed by atoms with Crippen molar-refractivity contribution in [3.05, 3.63) is 20.8 Å². The van der Waals surface area contributed by atoms with E-state index in [0.717, 1.165) is 10.9 Å². The van der Waals surface area contributed by atoms with Gasteiger partial charge < -0.3 is 11.1 Å². The molecule has 0 spiro atoms. The van der Waals surface area contributed by atoms with E-state index in [2.05, 4.69) is 27.3 Å². The molecule has 0 aliphatic carbocycles. The SMILES string of the molecule is CC(CN)CNC(=O)CCc1cc(Br)cs1.Cl. The minimum Gasteiger partial charge on any atom is -0.356 e. The highest BCUT2D eigenvalue weighted by molar-refractivity contribution is 9.10. The van der Waals surface area contributed by atoms with Gasteiger partial charge in [0.05, 0.1) is 0 Å². The normalized spacial score (nSPS) is 11.7. The number of rotatable bonds is 6. The predicted octanol–water partition coefficient (Wildman–Crippen LogP) is 2.58. The smallest absolute Gasteiger partial charge is 0.220 e. The summed E-state index contributed by atoms with van der Waals surface area (Å²) in [6.45, 7) is 3.30. The lowest BCUT2D eigenvalue weighted by atomic mass is 10.2. The van der Waals surface area contributed by atoms with Crippen molar-refractivity contribution in [1.29, 1.82) is 0 Å². The standard InChI is InChI=1S/C11H17BrN2OS.ClH/c1-8(5-13)6-14-11(15)3-2-10-4-9(12)7-16-10;/h4,7-8H,2-3,5-6,13H2,1H3,(H,14,15);1H. The minimum absolute atomic E-state index is 0. The lowest BCUT2D eigenvalue weighted by Gasteiger charge is -2.09. The zero-order valence-electron chi connectivity index (χ0n) is 9.74. The average Bonchev–Trinajstić information content (AvgIpc) is 2.69. The molecule has 3 nitrogen and oxygen atoms in total. The van der Waals surface area contributed by atoms with Gasteiger partial charge in [0.25, 0.3) is 0 Å². The Balaban J connectivity index is 0.00000256. The molecule has 1 aromatic heterocycles. The van der Waals surface area contributed by atoms with Gasteiger partial charge in [-0.1, -0.05) is 6.92 Å². The molecule has 1 rings (SSSR count). The van der Waals surface area contributed by atoms with Crippen molar-refractivity contribution >= 4 is 45.6 Å². The van der Waals surface area contributed by atoms with Gasteiger partial charge in [0.15, 0.2) is 0 Å². The summed E-state index contributed by atoms with van der Waals surface area (Å²) in [7, 11) is 0. The van der Waals surface area contributed by atoms with E-state index in [9.17, 15) is 4.79 Å². The molecule has 1 atom stereocenters. The second-order valence-corrected chi connectivity index (χ2v) is 5.79. The van der Waals surface area contributed by atoms with E-state index < -0.39 is 0 Å². The van der Waals surface area contributed by atoms with Crippen LogP contribution in [-0.2, 0) is 11.2 Å². The van der Waals surface area contributed by atoms with Gasteiger partial charge in [-0.3, -0.25) is 4.79 Å². The summed E-state index contributed by atoms with van der Waals surface area (Å²) < 4.78 is 1.09. The maximum Gasteiger partial charge on any atom is 0.220 e. The number of hydrogen-bond acceptors (Lipinski definition) is 3. The van der Waals surface area contributed by atoms with E-state index in [0.29, 0.717) is 25.4 Å². The fourth-order valence-corrected chi connectivity index (χ4v) is 2.64. The number of nitrogens with one attached hydrogen (secondary N) is 1. The van der Waals surface area contributed by atoms with Crippen LogP contribution < -0.4 is 11.1 Å². The van der Waals surface area contributed by atoms with E-state index in [4.69, 9.17) is 5.73 Å². The van der Waals surface area contributed by atoms with Gasteiger partial charge in [-0.05, 0) is 40.9 Å². The molecule has 98 valence electrons. The summed E-state index contributed by atoms with van der Waals surface area (Å²) in [5.74, 6) is 0.449. The number of carbonyl (C=O) groups excluding carboxylic acids is 1. The molecule has 0 saturated heterocycles. The first-order valence-electron chi connectivity index (χ1n) is 5.31. The lowest BCUT2D eigenvalue weighted by Crippen LogP contribution is -2.31. The van der Waals surface area contributed by atoms with Gasteiger partial charge in [-0.15, -0.1) is 23.7 Å². The van der Waals surface area contributed by atoms with Crippen LogP contribution in [0.25, 0.3) is 0 Å². The summed E-state index contributed by atoms with van der Waals surface area (Å²) in [5, 5.41) is 4.92. The predicted molar refractivity (Wildman–Crippen MR) is 78.8 cm³/mol. The average molecular weight is 342 g/mol. The third-order valence-corrected chi connectivity index (χ3v) is 4.03. The maximum atomic E-state index is 11.5. The molecule has 6 heteroatoms. The number of amides is 1. The van der Waals surface area contributed by atoms with Crippen LogP contribution in [0.5, 0.6) is 0 Å². The molecular weight excluding hydrogens is 324 g/mol. The Bertz CT molecular complexity index is 346. The minimum atomic E-state index is 0. The fraction of sp³-hybridized carbons (Fsp3) is 0.545. The van der Waals surface area contributed by atoms with Crippen LogP contribution in [0.4, 0.5) is 0 Å². The summed E-state index contributed by atoms with van der Waals surface area (Å²) in [5.41, 5.74) is 5.47. The van der Waals surface area contributed by atoms with E-state index >= 15 is 0 Å². The Morgan fingerprint density at radius 3 is 2.88 bits per heavy atom. The molecule has 1 unspecified atom stereocenters. The lowest BCUT2D eigenvalue weighted by molar-refractivity contribution is -0.121. The van der Waals surface area contributed by atoms with Crippen LogP contribution in [0, 0.1) is 5.92 Å². The van der Waals surface area contributed by atoms with Crippen molar-refractivity contribution in [2.24, 2.45) is 11.7 Å². The molecule has 0 radical (unpaired) electrons. The van der Waals surface area contributed by atoms with Gasteiger partial charge in [0, 0.05) is 27.7 Å². The molecule has 0 aliphatic rings. The molecular formula is C11H18BrClN2OS. The molecule has 0 aromatic carbocycles. The summed E-state index contributed by atoms with van der Waals surface area (Å²) in [6.07, 6.45) is 1.35. The van der Waals surface area contributed by atoms with Crippen molar-refractivity contribution < 1.29 is 4.79 Å². The van der Waals surface area contributed by atoms with Gasteiger partial charge in [0.2, 0.25) is 5.91 Å². The van der Waals surface area contributed by atoms with Gasteiger partial charge >= 0.3 is 0 Å². The van der Waals surface area contributed by atoms with Crippen molar-refractivity contribution in [1.82, 2.24) is 5.32 Å². The second-order valence-electron chi connectivity index (χ2n) is 3.88. The summed E-state index contributed by atoms with van der Waals surface area (Å²) >= 11 is 5.07. The first-order valence-corrected chi connectivity index (χ1v) is 6.98. The molecule has 0 saturated carbocycles. The summed E-state index contributed by atoms with van der Waals surface area (Å²) in [4.78, 5) is 12.7. The topological polar surface area (TPSA) is 55.1 Å². The van der Waals surface area contributed by atoms with Crippen molar-refractivity contribution in [2.75, 3.05) is 13.1 Å². The first-order chi connectivity index (χ1) is 7.61. The van der Waals surface area contributed by atoms with Crippen molar-refractivity contribution in [3.63, 3.8) is 0 Å². The van der Waals surface area contributed by atoms with E-state index in [1.54, 1.807) is 11.3 Å². The highest BCUT2D eigenvalue weighted by atomic mass is 79.9. The van der Waals surface area contributed by atoms with Crippen LogP contribution >= 0.6 is 39.7 Å². The number of aryl methyl sites for hydroxylation is 1. The Morgan fingerprint density at radius 1 is 1.65 bits per heavy atom. The molecule has 17 heavy (non-hydrogen) atoms. The van der Waals surface area contributed by atoms with Crippen LogP contribution in [0.15, 0.2) is 15.9 Å². The molecule has 0 fully saturated rings. The van der Waals surface area contributed by atoms with Gasteiger partial charge in [-0.25, -0.2) is 0 Å². The van der Waals surface area contributed by atoms with Crippen LogP contribution in [0.1, 0.15) is 18.2 Å². The molecule has 0 bridgehead atoms. The Hall–Kier alpha value is -0.100. The number of hydrogen-bond donors (Lipinski definition) is 2. The van der Waals surface area contributed by atoms with Crippen molar-refractivity contribution in [3.8, 4) is 0 Å². The molecule has 1 heterocycles. The highest BCUT2D eigenvalue weighted by Crippen LogP contribution is 2.20. The number of carbonyl (C=O) groups is 1. The number of thiophene rings is 1. The zero-order valence-corrected chi connectivity index (χ0v) is 13.0. The summed E-state index contributed by atoms with van der Waals surface area (Å²) in [6, 6.07) is 2.06. The second kappa shape index (κ2) is 8.91.